The molecule has 0 bridgehead atoms. The number of sulfonamides is 1. The summed E-state index contributed by atoms with van der Waals surface area (Å²) in [5.41, 5.74) is 1.42. The molecule has 4 rings (SSSR count). The molecule has 1 N–H and O–H groups in total. The number of carbonyl (C=O) groups is 1. The zero-order valence-electron chi connectivity index (χ0n) is 16.3. The molecule has 0 saturated carbocycles. The minimum atomic E-state index is -4.18. The Morgan fingerprint density at radius 3 is 2.45 bits per heavy atom. The van der Waals surface area contributed by atoms with Crippen LogP contribution in [0.25, 0.3) is 11.3 Å². The lowest BCUT2D eigenvalue weighted by molar-refractivity contribution is -0.120. The van der Waals surface area contributed by atoms with Crippen LogP contribution in [0.5, 0.6) is 0 Å². The summed E-state index contributed by atoms with van der Waals surface area (Å²) < 4.78 is 59.0. The van der Waals surface area contributed by atoms with Gasteiger partial charge in [0, 0.05) is 30.3 Å². The SMILES string of the molecule is O=C(Nc1ccc(-c2cnco2)cc1)C1CCN(S(=O)(=O)c2cc(F)ccc2F)CC1. The monoisotopic (exact) mass is 447 g/mol. The zero-order chi connectivity index (χ0) is 22.0. The molecule has 1 amide bonds. The molecule has 7 nitrogen and oxygen atoms in total. The third-order valence-electron chi connectivity index (χ3n) is 5.21. The van der Waals surface area contributed by atoms with E-state index in [0.717, 1.165) is 22.0 Å². The fourth-order valence-corrected chi connectivity index (χ4v) is 5.04. The summed E-state index contributed by atoms with van der Waals surface area (Å²) in [5.74, 6) is -1.83. The van der Waals surface area contributed by atoms with Crippen molar-refractivity contribution >= 4 is 21.6 Å². The van der Waals surface area contributed by atoms with Crippen molar-refractivity contribution in [1.29, 1.82) is 0 Å². The Kier molecular flexibility index (Phi) is 5.84. The number of piperidine rings is 1. The lowest BCUT2D eigenvalue weighted by Crippen LogP contribution is -2.41. The number of oxazole rings is 1. The lowest BCUT2D eigenvalue weighted by atomic mass is 9.97. The number of amides is 1. The molecule has 3 aromatic rings. The Morgan fingerprint density at radius 2 is 1.81 bits per heavy atom. The third-order valence-corrected chi connectivity index (χ3v) is 7.12. The number of anilines is 1. The largest absolute Gasteiger partial charge is 0.444 e. The average Bonchev–Trinajstić information content (AvgIpc) is 3.31. The Morgan fingerprint density at radius 1 is 1.10 bits per heavy atom. The second kappa shape index (κ2) is 8.56. The number of halogens is 2. The van der Waals surface area contributed by atoms with Gasteiger partial charge < -0.3 is 9.73 Å². The van der Waals surface area contributed by atoms with Crippen molar-refractivity contribution in [2.75, 3.05) is 18.4 Å². The maximum Gasteiger partial charge on any atom is 0.246 e. The predicted molar refractivity (Wildman–Crippen MR) is 108 cm³/mol. The predicted octanol–water partition coefficient (Wildman–Crippen LogP) is 3.66. The number of aromatic nitrogens is 1. The van der Waals surface area contributed by atoms with Crippen LogP contribution in [0.4, 0.5) is 14.5 Å². The van der Waals surface area contributed by atoms with Gasteiger partial charge >= 0.3 is 0 Å². The van der Waals surface area contributed by atoms with Crippen LogP contribution in [-0.2, 0) is 14.8 Å². The van der Waals surface area contributed by atoms with Crippen LogP contribution in [0.15, 0.2) is 64.4 Å². The molecule has 0 atom stereocenters. The first kappa shape index (κ1) is 21.1. The number of nitrogens with one attached hydrogen (secondary N) is 1. The van der Waals surface area contributed by atoms with Crippen LogP contribution in [0, 0.1) is 17.6 Å². The smallest absolute Gasteiger partial charge is 0.246 e. The van der Waals surface area contributed by atoms with Gasteiger partial charge in [0.15, 0.2) is 12.2 Å². The van der Waals surface area contributed by atoms with E-state index in [0.29, 0.717) is 17.5 Å². The van der Waals surface area contributed by atoms with E-state index >= 15 is 0 Å². The number of nitrogens with zero attached hydrogens (tertiary/aromatic N) is 2. The molecule has 0 radical (unpaired) electrons. The van der Waals surface area contributed by atoms with Gasteiger partial charge in [-0.05, 0) is 55.3 Å². The first-order valence-electron chi connectivity index (χ1n) is 9.59. The third kappa shape index (κ3) is 4.49. The first-order valence-corrected chi connectivity index (χ1v) is 11.0. The van der Waals surface area contributed by atoms with Crippen LogP contribution in [0.2, 0.25) is 0 Å². The second-order valence-electron chi connectivity index (χ2n) is 7.19. The summed E-state index contributed by atoms with van der Waals surface area (Å²) in [7, 11) is -4.18. The highest BCUT2D eigenvalue weighted by molar-refractivity contribution is 7.89. The van der Waals surface area contributed by atoms with Crippen molar-refractivity contribution in [3.63, 3.8) is 0 Å². The van der Waals surface area contributed by atoms with E-state index in [4.69, 9.17) is 4.42 Å². The van der Waals surface area contributed by atoms with Crippen LogP contribution in [-0.4, -0.2) is 36.7 Å². The van der Waals surface area contributed by atoms with Gasteiger partial charge in [0.1, 0.15) is 16.5 Å². The molecular formula is C21H19F2N3O4S. The Hall–Kier alpha value is -3.11. The Labute approximate surface area is 177 Å². The van der Waals surface area contributed by atoms with Gasteiger partial charge in [0.2, 0.25) is 15.9 Å². The number of carbonyl (C=O) groups excluding carboxylic acids is 1. The highest BCUT2D eigenvalue weighted by Crippen LogP contribution is 2.27. The molecule has 162 valence electrons. The molecule has 0 spiro atoms. The zero-order valence-corrected chi connectivity index (χ0v) is 17.1. The van der Waals surface area contributed by atoms with E-state index in [1.165, 1.54) is 6.39 Å². The number of hydrogen-bond donors (Lipinski definition) is 1. The summed E-state index contributed by atoms with van der Waals surface area (Å²) in [6.07, 6.45) is 3.47. The molecule has 0 unspecified atom stereocenters. The molecule has 1 aliphatic heterocycles. The van der Waals surface area contributed by atoms with Crippen molar-refractivity contribution in [2.24, 2.45) is 5.92 Å². The minimum absolute atomic E-state index is 0.0425. The van der Waals surface area contributed by atoms with E-state index in [9.17, 15) is 22.0 Å². The van der Waals surface area contributed by atoms with E-state index in [2.05, 4.69) is 10.3 Å². The molecule has 0 aliphatic carbocycles. The van der Waals surface area contributed by atoms with Crippen molar-refractivity contribution in [3.8, 4) is 11.3 Å². The van der Waals surface area contributed by atoms with Gasteiger partial charge in [0.25, 0.3) is 0 Å². The second-order valence-corrected chi connectivity index (χ2v) is 9.09. The number of rotatable bonds is 5. The Balaban J connectivity index is 1.37. The van der Waals surface area contributed by atoms with Crippen LogP contribution in [0.3, 0.4) is 0 Å². The molecule has 2 aromatic carbocycles. The van der Waals surface area contributed by atoms with Gasteiger partial charge in [-0.25, -0.2) is 22.2 Å². The molecule has 2 heterocycles. The summed E-state index contributed by atoms with van der Waals surface area (Å²) in [5, 5.41) is 2.82. The van der Waals surface area contributed by atoms with Crippen molar-refractivity contribution in [2.45, 2.75) is 17.7 Å². The molecule has 1 fully saturated rings. The molecular weight excluding hydrogens is 428 g/mol. The van der Waals surface area contributed by atoms with Gasteiger partial charge in [-0.3, -0.25) is 4.79 Å². The van der Waals surface area contributed by atoms with Crippen molar-refractivity contribution in [1.82, 2.24) is 9.29 Å². The molecule has 1 aliphatic rings. The van der Waals surface area contributed by atoms with Crippen molar-refractivity contribution < 1.29 is 26.4 Å². The molecule has 1 saturated heterocycles. The average molecular weight is 447 g/mol. The maximum absolute atomic E-state index is 13.9. The molecule has 10 heteroatoms. The van der Waals surface area contributed by atoms with Crippen LogP contribution >= 0.6 is 0 Å². The van der Waals surface area contributed by atoms with Crippen LogP contribution in [0.1, 0.15) is 12.8 Å². The quantitative estimate of drug-likeness (QED) is 0.645. The van der Waals surface area contributed by atoms with E-state index < -0.39 is 32.5 Å². The fraction of sp³-hybridized carbons (Fsp3) is 0.238. The first-order chi connectivity index (χ1) is 14.8. The highest BCUT2D eigenvalue weighted by Gasteiger charge is 2.33. The Bertz CT molecular complexity index is 1170. The number of hydrogen-bond acceptors (Lipinski definition) is 5. The summed E-state index contributed by atoms with van der Waals surface area (Å²) in [4.78, 5) is 15.8. The topological polar surface area (TPSA) is 92.5 Å². The maximum atomic E-state index is 13.9. The number of benzene rings is 2. The van der Waals surface area contributed by atoms with Gasteiger partial charge in [-0.2, -0.15) is 4.31 Å². The van der Waals surface area contributed by atoms with Gasteiger partial charge in [-0.1, -0.05) is 0 Å². The molecule has 1 aromatic heterocycles. The van der Waals surface area contributed by atoms with E-state index in [1.807, 2.05) is 0 Å². The van der Waals surface area contributed by atoms with E-state index in [-0.39, 0.29) is 31.8 Å². The summed E-state index contributed by atoms with van der Waals surface area (Å²) >= 11 is 0. The normalized spacial score (nSPS) is 15.7. The lowest BCUT2D eigenvalue weighted by Gasteiger charge is -2.30. The van der Waals surface area contributed by atoms with Gasteiger partial charge in [-0.15, -0.1) is 0 Å². The fourth-order valence-electron chi connectivity index (χ4n) is 3.49. The molecule has 31 heavy (non-hydrogen) atoms. The van der Waals surface area contributed by atoms with E-state index in [1.54, 1.807) is 30.5 Å². The standard InChI is InChI=1S/C21H19F2N3O4S/c22-16-3-6-18(23)20(11-16)31(28,29)26-9-7-15(8-10-26)21(27)25-17-4-1-14(2-5-17)19-12-24-13-30-19/h1-6,11-13,15H,7-10H2,(H,25,27). The van der Waals surface area contributed by atoms with Gasteiger partial charge in [0.05, 0.1) is 6.20 Å². The highest BCUT2D eigenvalue weighted by atomic mass is 32.2. The van der Waals surface area contributed by atoms with Crippen LogP contribution < -0.4 is 5.32 Å². The minimum Gasteiger partial charge on any atom is -0.444 e. The summed E-state index contributed by atoms with van der Waals surface area (Å²) in [6, 6.07) is 9.38. The van der Waals surface area contributed by atoms with Crippen molar-refractivity contribution in [3.05, 3.63) is 66.7 Å². The summed E-state index contributed by atoms with van der Waals surface area (Å²) in [6.45, 7) is 0.0849.